The Morgan fingerprint density at radius 2 is 1.85 bits per heavy atom. The van der Waals surface area contributed by atoms with E-state index in [9.17, 15) is 9.59 Å². The Kier molecular flexibility index (Phi) is 4.19. The largest absolute Gasteiger partial charge is 0.450 e. The lowest BCUT2D eigenvalue weighted by Gasteiger charge is -2.49. The van der Waals surface area contributed by atoms with Crippen molar-refractivity contribution in [3.63, 3.8) is 0 Å². The van der Waals surface area contributed by atoms with Gasteiger partial charge in [-0.05, 0) is 63.2 Å². The van der Waals surface area contributed by atoms with Crippen molar-refractivity contribution in [3.05, 3.63) is 0 Å². The van der Waals surface area contributed by atoms with Crippen LogP contribution in [0.15, 0.2) is 0 Å². The van der Waals surface area contributed by atoms with Crippen LogP contribution in [0, 0.1) is 23.2 Å². The molecule has 6 nitrogen and oxygen atoms in total. The van der Waals surface area contributed by atoms with Crippen LogP contribution in [-0.4, -0.2) is 78.1 Å². The lowest BCUT2D eigenvalue weighted by atomic mass is 9.64. The van der Waals surface area contributed by atoms with Gasteiger partial charge in [-0.3, -0.25) is 9.69 Å². The zero-order valence-electron chi connectivity index (χ0n) is 16.7. The molecule has 2 saturated heterocycles. The van der Waals surface area contributed by atoms with E-state index in [-0.39, 0.29) is 6.09 Å². The van der Waals surface area contributed by atoms with Gasteiger partial charge in [-0.25, -0.2) is 4.79 Å². The van der Waals surface area contributed by atoms with E-state index in [0.29, 0.717) is 47.8 Å². The van der Waals surface area contributed by atoms with Gasteiger partial charge in [-0.2, -0.15) is 0 Å². The summed E-state index contributed by atoms with van der Waals surface area (Å²) in [5.41, 5.74) is 0.338. The maximum absolute atomic E-state index is 12.8. The van der Waals surface area contributed by atoms with Crippen LogP contribution in [0.2, 0.25) is 0 Å². The molecule has 27 heavy (non-hydrogen) atoms. The molecule has 2 amide bonds. The van der Waals surface area contributed by atoms with Crippen molar-refractivity contribution in [2.75, 3.05) is 39.3 Å². The number of fused-ring (bicyclic) bond motifs is 1. The van der Waals surface area contributed by atoms with Gasteiger partial charge in [0.15, 0.2) is 0 Å². The zero-order valence-corrected chi connectivity index (χ0v) is 16.7. The van der Waals surface area contributed by atoms with Crippen molar-refractivity contribution in [1.82, 2.24) is 14.7 Å². The molecule has 0 aromatic rings. The van der Waals surface area contributed by atoms with E-state index in [4.69, 9.17) is 4.74 Å². The summed E-state index contributed by atoms with van der Waals surface area (Å²) in [5.74, 6) is 1.99. The van der Waals surface area contributed by atoms with Crippen LogP contribution in [0.1, 0.15) is 46.0 Å². The Morgan fingerprint density at radius 1 is 1.15 bits per heavy atom. The molecule has 0 N–H and O–H groups in total. The van der Waals surface area contributed by atoms with Gasteiger partial charge in [0.1, 0.15) is 0 Å². The summed E-state index contributed by atoms with van der Waals surface area (Å²) in [4.78, 5) is 31.4. The minimum absolute atomic E-state index is 0.141. The third-order valence-corrected chi connectivity index (χ3v) is 7.94. The molecular formula is C21H33N3O3. The van der Waals surface area contributed by atoms with Gasteiger partial charge in [0.25, 0.3) is 0 Å². The maximum Gasteiger partial charge on any atom is 0.409 e. The molecule has 0 aromatic carbocycles. The van der Waals surface area contributed by atoms with E-state index in [2.05, 4.69) is 16.7 Å². The standard InChI is InChI=1S/C21H33N3O3/c1-3-24(14-5-6-14)19(25)18-16-11-23(12-17(16)18)15-9-21(10-15)7-8-22(13-21)20(26)27-4-2/h14-18H,3-13H2,1-2H3. The quantitative estimate of drug-likeness (QED) is 0.739. The van der Waals surface area contributed by atoms with Crippen molar-refractivity contribution < 1.29 is 14.3 Å². The van der Waals surface area contributed by atoms with Crippen molar-refractivity contribution in [2.24, 2.45) is 23.2 Å². The SMILES string of the molecule is CCOC(=O)N1CCC2(CC(N3CC4C(C3)C4C(=O)N(CC)C3CC3)C2)C1. The van der Waals surface area contributed by atoms with Crippen LogP contribution in [0.5, 0.6) is 0 Å². The van der Waals surface area contributed by atoms with E-state index < -0.39 is 0 Å². The number of nitrogens with zero attached hydrogens (tertiary/aromatic N) is 3. The molecule has 2 atom stereocenters. The Balaban J connectivity index is 1.09. The lowest BCUT2D eigenvalue weighted by Crippen LogP contribution is -2.52. The molecule has 2 unspecified atom stereocenters. The number of piperidine rings is 1. The van der Waals surface area contributed by atoms with Crippen molar-refractivity contribution >= 4 is 12.0 Å². The first-order valence-electron chi connectivity index (χ1n) is 11.0. The molecule has 3 saturated carbocycles. The highest BCUT2D eigenvalue weighted by molar-refractivity contribution is 5.83. The maximum atomic E-state index is 12.8. The van der Waals surface area contributed by atoms with E-state index in [0.717, 1.165) is 39.1 Å². The van der Waals surface area contributed by atoms with Gasteiger partial charge in [0.2, 0.25) is 5.91 Å². The number of hydrogen-bond donors (Lipinski definition) is 0. The highest BCUT2D eigenvalue weighted by Gasteiger charge is 2.63. The second kappa shape index (κ2) is 6.36. The number of ether oxygens (including phenoxy) is 1. The summed E-state index contributed by atoms with van der Waals surface area (Å²) in [6, 6.07) is 1.22. The molecular weight excluding hydrogens is 342 g/mol. The molecule has 2 aliphatic heterocycles. The molecule has 0 radical (unpaired) electrons. The number of carbonyl (C=O) groups is 2. The first kappa shape index (κ1) is 17.8. The summed E-state index contributed by atoms with van der Waals surface area (Å²) >= 11 is 0. The van der Waals surface area contributed by atoms with Gasteiger partial charge in [0, 0.05) is 50.7 Å². The zero-order chi connectivity index (χ0) is 18.8. The molecule has 0 aromatic heterocycles. The molecule has 3 aliphatic carbocycles. The predicted molar refractivity (Wildman–Crippen MR) is 101 cm³/mol. The third-order valence-electron chi connectivity index (χ3n) is 7.94. The molecule has 150 valence electrons. The fourth-order valence-electron chi connectivity index (χ4n) is 6.23. The highest BCUT2D eigenvalue weighted by Crippen LogP contribution is 2.57. The second-order valence-corrected chi connectivity index (χ2v) is 9.60. The van der Waals surface area contributed by atoms with Gasteiger partial charge in [-0.15, -0.1) is 0 Å². The predicted octanol–water partition coefficient (Wildman–Crippen LogP) is 2.19. The summed E-state index contributed by atoms with van der Waals surface area (Å²) in [5, 5.41) is 0. The van der Waals surface area contributed by atoms with Crippen LogP contribution >= 0.6 is 0 Å². The Hall–Kier alpha value is -1.30. The van der Waals surface area contributed by atoms with Crippen LogP contribution in [0.4, 0.5) is 4.79 Å². The number of carbonyl (C=O) groups excluding carboxylic acids is 2. The van der Waals surface area contributed by atoms with Gasteiger partial charge >= 0.3 is 6.09 Å². The van der Waals surface area contributed by atoms with Crippen molar-refractivity contribution in [1.29, 1.82) is 0 Å². The van der Waals surface area contributed by atoms with Gasteiger partial charge in [-0.1, -0.05) is 0 Å². The summed E-state index contributed by atoms with van der Waals surface area (Å²) in [7, 11) is 0. The van der Waals surface area contributed by atoms with Crippen LogP contribution < -0.4 is 0 Å². The normalized spacial score (nSPS) is 40.0. The molecule has 5 fully saturated rings. The molecule has 2 heterocycles. The third kappa shape index (κ3) is 2.95. The van der Waals surface area contributed by atoms with Crippen LogP contribution in [-0.2, 0) is 9.53 Å². The Morgan fingerprint density at radius 3 is 2.44 bits per heavy atom. The minimum Gasteiger partial charge on any atom is -0.450 e. The van der Waals surface area contributed by atoms with E-state index >= 15 is 0 Å². The Bertz CT molecular complexity index is 616. The first-order chi connectivity index (χ1) is 13.0. The molecule has 6 heteroatoms. The van der Waals surface area contributed by atoms with E-state index in [1.807, 2.05) is 11.8 Å². The molecule has 5 rings (SSSR count). The summed E-state index contributed by atoms with van der Waals surface area (Å²) in [6.45, 7) is 9.28. The topological polar surface area (TPSA) is 53.1 Å². The first-order valence-corrected chi connectivity index (χ1v) is 11.0. The van der Waals surface area contributed by atoms with E-state index in [1.54, 1.807) is 0 Å². The van der Waals surface area contributed by atoms with Crippen LogP contribution in [0.3, 0.4) is 0 Å². The van der Waals surface area contributed by atoms with Crippen LogP contribution in [0.25, 0.3) is 0 Å². The van der Waals surface area contributed by atoms with Gasteiger partial charge in [0.05, 0.1) is 6.61 Å². The summed E-state index contributed by atoms with van der Waals surface area (Å²) < 4.78 is 5.16. The fraction of sp³-hybridized carbons (Fsp3) is 0.905. The highest BCUT2D eigenvalue weighted by atomic mass is 16.6. The Labute approximate surface area is 162 Å². The smallest absolute Gasteiger partial charge is 0.409 e. The number of rotatable bonds is 5. The average molecular weight is 376 g/mol. The minimum atomic E-state index is -0.141. The molecule has 0 bridgehead atoms. The second-order valence-electron chi connectivity index (χ2n) is 9.60. The van der Waals surface area contributed by atoms with Gasteiger partial charge < -0.3 is 14.5 Å². The summed E-state index contributed by atoms with van der Waals surface area (Å²) in [6.07, 6.45) is 5.82. The average Bonchev–Trinajstić information content (AvgIpc) is 3.47. The van der Waals surface area contributed by atoms with Crippen molar-refractivity contribution in [3.8, 4) is 0 Å². The fourth-order valence-corrected chi connectivity index (χ4v) is 6.23. The van der Waals surface area contributed by atoms with Crippen molar-refractivity contribution in [2.45, 2.75) is 58.0 Å². The molecule has 1 spiro atoms. The number of hydrogen-bond acceptors (Lipinski definition) is 4. The number of likely N-dealkylation sites (tertiary alicyclic amines) is 2. The molecule has 5 aliphatic rings. The lowest BCUT2D eigenvalue weighted by molar-refractivity contribution is -0.134. The van der Waals surface area contributed by atoms with E-state index in [1.165, 1.54) is 25.7 Å². The number of amides is 2. The monoisotopic (exact) mass is 375 g/mol.